The van der Waals surface area contributed by atoms with Gasteiger partial charge in [-0.05, 0) is 18.8 Å². The zero-order valence-electron chi connectivity index (χ0n) is 6.88. The van der Waals surface area contributed by atoms with Crippen LogP contribution in [0.4, 0.5) is 0 Å². The van der Waals surface area contributed by atoms with E-state index in [1.54, 1.807) is 0 Å². The van der Waals surface area contributed by atoms with Crippen molar-refractivity contribution in [2.75, 3.05) is 0 Å². The van der Waals surface area contributed by atoms with Gasteiger partial charge in [-0.15, -0.1) is 12.6 Å². The maximum Gasteiger partial charge on any atom is 0.186 e. The Morgan fingerprint density at radius 1 is 1.18 bits per heavy atom. The molecule has 0 radical (unpaired) electrons. The Kier molecular flexibility index (Phi) is 3.98. The van der Waals surface area contributed by atoms with Crippen molar-refractivity contribution in [1.82, 2.24) is 0 Å². The highest BCUT2D eigenvalue weighted by atomic mass is 32.1. The third-order valence-corrected chi connectivity index (χ3v) is 2.62. The summed E-state index contributed by atoms with van der Waals surface area (Å²) >= 11 is 3.80. The first-order valence-electron chi connectivity index (χ1n) is 4.51. The Bertz CT molecular complexity index is 126. The smallest absolute Gasteiger partial charge is 0.186 e. The van der Waals surface area contributed by atoms with Gasteiger partial charge in [0.2, 0.25) is 0 Å². The number of carbonyl (C=O) groups excluding carboxylic acids is 1. The van der Waals surface area contributed by atoms with E-state index in [1.165, 1.54) is 38.5 Å². The van der Waals surface area contributed by atoms with Gasteiger partial charge in [0.05, 0.1) is 0 Å². The molecule has 0 aliphatic heterocycles. The first-order valence-corrected chi connectivity index (χ1v) is 4.95. The van der Waals surface area contributed by atoms with Gasteiger partial charge in [0.15, 0.2) is 5.12 Å². The van der Waals surface area contributed by atoms with E-state index in [9.17, 15) is 4.79 Å². The fourth-order valence-corrected chi connectivity index (χ4v) is 2.07. The second kappa shape index (κ2) is 4.81. The average molecular weight is 172 g/mol. The lowest BCUT2D eigenvalue weighted by Gasteiger charge is -2.09. The van der Waals surface area contributed by atoms with Crippen LogP contribution in [0.2, 0.25) is 0 Å². The van der Waals surface area contributed by atoms with E-state index in [0.29, 0.717) is 12.3 Å². The van der Waals surface area contributed by atoms with Crippen LogP contribution >= 0.6 is 12.6 Å². The molecule has 0 aromatic carbocycles. The highest BCUT2D eigenvalue weighted by Crippen LogP contribution is 2.25. The van der Waals surface area contributed by atoms with Gasteiger partial charge >= 0.3 is 0 Å². The van der Waals surface area contributed by atoms with Gasteiger partial charge in [-0.2, -0.15) is 0 Å². The molecule has 1 fully saturated rings. The Balaban J connectivity index is 2.25. The lowest BCUT2D eigenvalue weighted by molar-refractivity contribution is -0.111. The van der Waals surface area contributed by atoms with Crippen molar-refractivity contribution < 1.29 is 4.79 Å². The van der Waals surface area contributed by atoms with E-state index in [1.807, 2.05) is 0 Å². The van der Waals surface area contributed by atoms with Crippen molar-refractivity contribution in [3.8, 4) is 0 Å². The quantitative estimate of drug-likeness (QED) is 0.500. The van der Waals surface area contributed by atoms with Crippen LogP contribution in [-0.2, 0) is 4.79 Å². The predicted molar refractivity (Wildman–Crippen MR) is 49.8 cm³/mol. The van der Waals surface area contributed by atoms with Crippen molar-refractivity contribution in [3.05, 3.63) is 0 Å². The molecule has 1 nitrogen and oxygen atoms in total. The Labute approximate surface area is 74.0 Å². The largest absolute Gasteiger partial charge is 0.287 e. The topological polar surface area (TPSA) is 17.1 Å². The van der Waals surface area contributed by atoms with Crippen molar-refractivity contribution in [2.24, 2.45) is 5.92 Å². The summed E-state index contributed by atoms with van der Waals surface area (Å²) in [4.78, 5) is 10.7. The molecule has 0 bridgehead atoms. The van der Waals surface area contributed by atoms with Gasteiger partial charge in [-0.25, -0.2) is 0 Å². The second-order valence-corrected chi connectivity index (χ2v) is 3.95. The molecule has 11 heavy (non-hydrogen) atoms. The summed E-state index contributed by atoms with van der Waals surface area (Å²) in [5, 5.41) is 0.0666. The van der Waals surface area contributed by atoms with Crippen LogP contribution in [0, 0.1) is 5.92 Å². The van der Waals surface area contributed by atoms with Gasteiger partial charge in [-0.3, -0.25) is 4.79 Å². The van der Waals surface area contributed by atoms with Crippen molar-refractivity contribution >= 4 is 17.7 Å². The Morgan fingerprint density at radius 3 is 2.18 bits per heavy atom. The Hall–Kier alpha value is 0.0200. The number of hydrogen-bond donors (Lipinski definition) is 1. The molecule has 1 aliphatic rings. The number of carbonyl (C=O) groups is 1. The van der Waals surface area contributed by atoms with Crippen molar-refractivity contribution in [1.29, 1.82) is 0 Å². The number of thiol groups is 1. The zero-order valence-corrected chi connectivity index (χ0v) is 7.78. The summed E-state index contributed by atoms with van der Waals surface area (Å²) in [6.45, 7) is 0. The minimum atomic E-state index is 0.0666. The minimum absolute atomic E-state index is 0.0666. The van der Waals surface area contributed by atoms with Crippen molar-refractivity contribution in [2.45, 2.75) is 44.9 Å². The van der Waals surface area contributed by atoms with Crippen LogP contribution in [-0.4, -0.2) is 5.12 Å². The first-order chi connectivity index (χ1) is 5.29. The molecule has 1 saturated carbocycles. The number of hydrogen-bond acceptors (Lipinski definition) is 1. The molecule has 0 unspecified atom stereocenters. The van der Waals surface area contributed by atoms with Crippen LogP contribution in [0.15, 0.2) is 0 Å². The molecule has 0 spiro atoms. The van der Waals surface area contributed by atoms with Crippen LogP contribution in [0.1, 0.15) is 44.9 Å². The second-order valence-electron chi connectivity index (χ2n) is 3.46. The van der Waals surface area contributed by atoms with Crippen LogP contribution in [0.25, 0.3) is 0 Å². The van der Waals surface area contributed by atoms with E-state index in [-0.39, 0.29) is 5.12 Å². The monoisotopic (exact) mass is 172 g/mol. The van der Waals surface area contributed by atoms with Crippen molar-refractivity contribution in [3.63, 3.8) is 0 Å². The maximum atomic E-state index is 10.7. The molecule has 1 aliphatic carbocycles. The molecule has 0 aromatic heterocycles. The van der Waals surface area contributed by atoms with E-state index in [4.69, 9.17) is 0 Å². The zero-order chi connectivity index (χ0) is 8.10. The van der Waals surface area contributed by atoms with Crippen LogP contribution in [0.5, 0.6) is 0 Å². The van der Waals surface area contributed by atoms with E-state index < -0.39 is 0 Å². The molecule has 0 aromatic rings. The molecule has 0 amide bonds. The van der Waals surface area contributed by atoms with E-state index in [0.717, 1.165) is 0 Å². The fraction of sp³-hybridized carbons (Fsp3) is 0.889. The third kappa shape index (κ3) is 3.80. The molecule has 0 saturated heterocycles. The molecule has 0 atom stereocenters. The van der Waals surface area contributed by atoms with Gasteiger partial charge in [0, 0.05) is 6.42 Å². The molecule has 1 rings (SSSR count). The Morgan fingerprint density at radius 2 is 1.73 bits per heavy atom. The lowest BCUT2D eigenvalue weighted by Crippen LogP contribution is -2.02. The summed E-state index contributed by atoms with van der Waals surface area (Å²) in [6.07, 6.45) is 8.52. The standard InChI is InChI=1S/C9H16OS/c10-9(11)7-8-5-3-1-2-4-6-8/h8H,1-7H2,(H,10,11). The SMILES string of the molecule is O=C(S)CC1CCCCCC1. The van der Waals surface area contributed by atoms with Gasteiger partial charge in [0.1, 0.15) is 0 Å². The summed E-state index contributed by atoms with van der Waals surface area (Å²) in [5.74, 6) is 0.641. The molecule has 0 heterocycles. The van der Waals surface area contributed by atoms with Gasteiger partial charge < -0.3 is 0 Å². The predicted octanol–water partition coefficient (Wildman–Crippen LogP) is 2.80. The minimum Gasteiger partial charge on any atom is -0.287 e. The summed E-state index contributed by atoms with van der Waals surface area (Å²) < 4.78 is 0. The van der Waals surface area contributed by atoms with Gasteiger partial charge in [-0.1, -0.05) is 25.7 Å². The molecular formula is C9H16OS. The third-order valence-electron chi connectivity index (χ3n) is 2.44. The molecular weight excluding hydrogens is 156 g/mol. The molecule has 2 heteroatoms. The van der Waals surface area contributed by atoms with E-state index in [2.05, 4.69) is 12.6 Å². The highest BCUT2D eigenvalue weighted by molar-refractivity contribution is 7.96. The normalized spacial score (nSPS) is 21.2. The lowest BCUT2D eigenvalue weighted by atomic mass is 9.97. The van der Waals surface area contributed by atoms with Crippen LogP contribution < -0.4 is 0 Å². The molecule has 64 valence electrons. The first kappa shape index (κ1) is 9.11. The highest BCUT2D eigenvalue weighted by Gasteiger charge is 2.13. The molecule has 0 N–H and O–H groups in total. The number of rotatable bonds is 2. The average Bonchev–Trinajstić information content (AvgIpc) is 2.14. The summed E-state index contributed by atoms with van der Waals surface area (Å²) in [7, 11) is 0. The summed E-state index contributed by atoms with van der Waals surface area (Å²) in [5.41, 5.74) is 0. The van der Waals surface area contributed by atoms with Gasteiger partial charge in [0.25, 0.3) is 0 Å². The maximum absolute atomic E-state index is 10.7. The van der Waals surface area contributed by atoms with E-state index >= 15 is 0 Å². The van der Waals surface area contributed by atoms with Crippen LogP contribution in [0.3, 0.4) is 0 Å². The summed E-state index contributed by atoms with van der Waals surface area (Å²) in [6, 6.07) is 0. The fourth-order valence-electron chi connectivity index (χ4n) is 1.81.